The first kappa shape index (κ1) is 12.2. The third kappa shape index (κ3) is 4.55. The molecule has 0 bridgehead atoms. The van der Waals surface area contributed by atoms with Gasteiger partial charge in [-0.2, -0.15) is 0 Å². The summed E-state index contributed by atoms with van der Waals surface area (Å²) in [5.74, 6) is 0.574. The lowest BCUT2D eigenvalue weighted by molar-refractivity contribution is 0.525. The van der Waals surface area contributed by atoms with Crippen molar-refractivity contribution in [2.24, 2.45) is 11.7 Å². The summed E-state index contributed by atoms with van der Waals surface area (Å²) in [6, 6.07) is 2.18. The lowest BCUT2D eigenvalue weighted by Crippen LogP contribution is -2.27. The molecule has 1 atom stereocenters. The van der Waals surface area contributed by atoms with E-state index in [1.54, 1.807) is 11.3 Å². The summed E-state index contributed by atoms with van der Waals surface area (Å²) >= 11 is 5.25. The Morgan fingerprint density at radius 3 is 3.00 bits per heavy atom. The van der Waals surface area contributed by atoms with E-state index >= 15 is 0 Å². The van der Waals surface area contributed by atoms with E-state index in [4.69, 9.17) is 5.73 Å². The van der Waals surface area contributed by atoms with E-state index in [9.17, 15) is 0 Å². The monoisotopic (exact) mass is 276 g/mol. The van der Waals surface area contributed by atoms with Gasteiger partial charge >= 0.3 is 0 Å². The van der Waals surface area contributed by atoms with Gasteiger partial charge in [-0.1, -0.05) is 6.92 Å². The first-order valence-electron chi connectivity index (χ1n) is 4.86. The summed E-state index contributed by atoms with van der Waals surface area (Å²) < 4.78 is 1.19. The third-order valence-electron chi connectivity index (χ3n) is 2.07. The van der Waals surface area contributed by atoms with E-state index in [2.05, 4.69) is 39.6 Å². The van der Waals surface area contributed by atoms with Crippen LogP contribution in [0.2, 0.25) is 0 Å². The average Bonchev–Trinajstić information content (AvgIpc) is 2.58. The van der Waals surface area contributed by atoms with Gasteiger partial charge in [0.2, 0.25) is 0 Å². The maximum absolute atomic E-state index is 5.52. The van der Waals surface area contributed by atoms with Crippen molar-refractivity contribution in [2.75, 3.05) is 19.6 Å². The molecule has 0 aromatic carbocycles. The number of nitrogens with one attached hydrogen (secondary N) is 1. The second kappa shape index (κ2) is 6.56. The maximum Gasteiger partial charge on any atom is 0.0285 e. The number of nitrogens with two attached hydrogens (primary N) is 1. The van der Waals surface area contributed by atoms with E-state index in [0.717, 1.165) is 26.1 Å². The minimum Gasteiger partial charge on any atom is -0.330 e. The molecule has 0 spiro atoms. The Morgan fingerprint density at radius 2 is 2.43 bits per heavy atom. The van der Waals surface area contributed by atoms with Crippen LogP contribution in [0.3, 0.4) is 0 Å². The Kier molecular flexibility index (Phi) is 5.70. The molecule has 0 radical (unpaired) electrons. The molecule has 14 heavy (non-hydrogen) atoms. The minimum absolute atomic E-state index is 0.574. The largest absolute Gasteiger partial charge is 0.330 e. The number of hydrogen-bond donors (Lipinski definition) is 2. The molecule has 1 aromatic rings. The quantitative estimate of drug-likeness (QED) is 0.783. The standard InChI is InChI=1S/C10H17BrN2S/c1-8(5-12)6-13-3-2-10-4-9(11)7-14-10/h4,7-8,13H,2-3,5-6,12H2,1H3. The van der Waals surface area contributed by atoms with Gasteiger partial charge in [-0.15, -0.1) is 11.3 Å². The molecule has 2 nitrogen and oxygen atoms in total. The third-order valence-corrected chi connectivity index (χ3v) is 3.82. The SMILES string of the molecule is CC(CN)CNCCc1cc(Br)cs1. The summed E-state index contributed by atoms with van der Waals surface area (Å²) in [5.41, 5.74) is 5.52. The second-order valence-electron chi connectivity index (χ2n) is 3.53. The summed E-state index contributed by atoms with van der Waals surface area (Å²) in [7, 11) is 0. The molecular weight excluding hydrogens is 260 g/mol. The van der Waals surface area contributed by atoms with Crippen LogP contribution < -0.4 is 11.1 Å². The van der Waals surface area contributed by atoms with Crippen LogP contribution in [0.25, 0.3) is 0 Å². The molecule has 0 saturated carbocycles. The predicted octanol–water partition coefficient (Wildman–Crippen LogP) is 2.24. The fourth-order valence-electron chi connectivity index (χ4n) is 1.13. The predicted molar refractivity (Wildman–Crippen MR) is 66.8 cm³/mol. The van der Waals surface area contributed by atoms with Crippen molar-refractivity contribution in [1.82, 2.24) is 5.32 Å². The van der Waals surface area contributed by atoms with E-state index in [1.807, 2.05) is 0 Å². The Balaban J connectivity index is 2.10. The first-order valence-corrected chi connectivity index (χ1v) is 6.53. The molecule has 0 fully saturated rings. The minimum atomic E-state index is 0.574. The van der Waals surface area contributed by atoms with Gasteiger partial charge in [-0.05, 0) is 54.0 Å². The van der Waals surface area contributed by atoms with Crippen LogP contribution in [0.15, 0.2) is 15.9 Å². The van der Waals surface area contributed by atoms with Gasteiger partial charge in [0.1, 0.15) is 0 Å². The molecule has 1 unspecified atom stereocenters. The van der Waals surface area contributed by atoms with Gasteiger partial charge in [0, 0.05) is 14.7 Å². The Morgan fingerprint density at radius 1 is 1.64 bits per heavy atom. The number of rotatable bonds is 6. The van der Waals surface area contributed by atoms with Gasteiger partial charge in [0.25, 0.3) is 0 Å². The van der Waals surface area contributed by atoms with Crippen molar-refractivity contribution in [3.8, 4) is 0 Å². The van der Waals surface area contributed by atoms with Gasteiger partial charge in [0.05, 0.1) is 0 Å². The highest BCUT2D eigenvalue weighted by Crippen LogP contribution is 2.19. The fraction of sp³-hybridized carbons (Fsp3) is 0.600. The normalized spacial score (nSPS) is 13.1. The molecule has 0 amide bonds. The van der Waals surface area contributed by atoms with Crippen molar-refractivity contribution in [3.63, 3.8) is 0 Å². The summed E-state index contributed by atoms with van der Waals surface area (Å²) in [5, 5.41) is 5.53. The highest BCUT2D eigenvalue weighted by Gasteiger charge is 1.99. The zero-order chi connectivity index (χ0) is 10.4. The molecule has 0 saturated heterocycles. The van der Waals surface area contributed by atoms with Crippen LogP contribution in [0.1, 0.15) is 11.8 Å². The van der Waals surface area contributed by atoms with Crippen molar-refractivity contribution in [1.29, 1.82) is 0 Å². The van der Waals surface area contributed by atoms with Crippen molar-refractivity contribution in [3.05, 3.63) is 20.8 Å². The number of hydrogen-bond acceptors (Lipinski definition) is 3. The highest BCUT2D eigenvalue weighted by molar-refractivity contribution is 9.10. The molecule has 0 aliphatic heterocycles. The molecule has 1 aromatic heterocycles. The van der Waals surface area contributed by atoms with E-state index in [1.165, 1.54) is 9.35 Å². The number of thiophene rings is 1. The topological polar surface area (TPSA) is 38.0 Å². The van der Waals surface area contributed by atoms with Gasteiger partial charge < -0.3 is 11.1 Å². The van der Waals surface area contributed by atoms with Gasteiger partial charge in [-0.3, -0.25) is 0 Å². The van der Waals surface area contributed by atoms with Crippen LogP contribution >= 0.6 is 27.3 Å². The van der Waals surface area contributed by atoms with Crippen molar-refractivity contribution < 1.29 is 0 Å². The van der Waals surface area contributed by atoms with Crippen LogP contribution in [0.4, 0.5) is 0 Å². The van der Waals surface area contributed by atoms with Crippen molar-refractivity contribution >= 4 is 27.3 Å². The summed E-state index contributed by atoms with van der Waals surface area (Å²) in [6.45, 7) is 4.98. The van der Waals surface area contributed by atoms with Crippen LogP contribution in [0, 0.1) is 5.92 Å². The van der Waals surface area contributed by atoms with Gasteiger partial charge in [0.15, 0.2) is 0 Å². The maximum atomic E-state index is 5.52. The van der Waals surface area contributed by atoms with Gasteiger partial charge in [-0.25, -0.2) is 0 Å². The van der Waals surface area contributed by atoms with Crippen LogP contribution in [-0.4, -0.2) is 19.6 Å². The first-order chi connectivity index (χ1) is 6.72. The van der Waals surface area contributed by atoms with Crippen molar-refractivity contribution in [2.45, 2.75) is 13.3 Å². The van der Waals surface area contributed by atoms with Crippen LogP contribution in [0.5, 0.6) is 0 Å². The molecule has 3 N–H and O–H groups in total. The highest BCUT2D eigenvalue weighted by atomic mass is 79.9. The average molecular weight is 277 g/mol. The zero-order valence-corrected chi connectivity index (χ0v) is 10.8. The lowest BCUT2D eigenvalue weighted by atomic mass is 10.2. The molecule has 80 valence electrons. The molecule has 0 aliphatic carbocycles. The molecule has 0 aliphatic rings. The van der Waals surface area contributed by atoms with E-state index < -0.39 is 0 Å². The Bertz CT molecular complexity index is 262. The zero-order valence-electron chi connectivity index (χ0n) is 8.42. The molecule has 1 rings (SSSR count). The second-order valence-corrected chi connectivity index (χ2v) is 5.44. The summed E-state index contributed by atoms with van der Waals surface area (Å²) in [4.78, 5) is 1.42. The lowest BCUT2D eigenvalue weighted by Gasteiger charge is -2.08. The molecule has 1 heterocycles. The van der Waals surface area contributed by atoms with Crippen LogP contribution in [-0.2, 0) is 6.42 Å². The Labute approximate surface area is 98.0 Å². The number of halogens is 1. The summed E-state index contributed by atoms with van der Waals surface area (Å²) in [6.07, 6.45) is 1.10. The smallest absolute Gasteiger partial charge is 0.0285 e. The molecule has 4 heteroatoms. The fourth-order valence-corrected chi connectivity index (χ4v) is 2.58. The Hall–Kier alpha value is 0.1000. The molecular formula is C10H17BrN2S. The van der Waals surface area contributed by atoms with E-state index in [0.29, 0.717) is 5.92 Å². The van der Waals surface area contributed by atoms with E-state index in [-0.39, 0.29) is 0 Å².